The van der Waals surface area contributed by atoms with Gasteiger partial charge in [-0.15, -0.1) is 0 Å². The number of methoxy groups -OCH3 is 1. The monoisotopic (exact) mass is 204 g/mol. The molecule has 3 heteroatoms. The Morgan fingerprint density at radius 2 is 2.07 bits per heavy atom. The first-order chi connectivity index (χ1) is 7.29. The van der Waals surface area contributed by atoms with Crippen LogP contribution in [-0.2, 0) is 0 Å². The molecule has 3 nitrogen and oxygen atoms in total. The van der Waals surface area contributed by atoms with Crippen molar-refractivity contribution >= 4 is 5.82 Å². The number of piperidine rings is 1. The van der Waals surface area contributed by atoms with Gasteiger partial charge in [0.25, 0.3) is 0 Å². The largest absolute Gasteiger partial charge is 0.481 e. The highest BCUT2D eigenvalue weighted by molar-refractivity contribution is 5.41. The molecule has 0 amide bonds. The Hall–Kier alpha value is -1.51. The number of nitrogens with zero attached hydrogens (tertiary/aromatic N) is 2. The highest BCUT2D eigenvalue weighted by Crippen LogP contribution is 2.21. The molecule has 1 aromatic heterocycles. The molecule has 0 atom stereocenters. The van der Waals surface area contributed by atoms with Crippen LogP contribution in [0.4, 0.5) is 5.82 Å². The Morgan fingerprint density at radius 3 is 2.73 bits per heavy atom. The summed E-state index contributed by atoms with van der Waals surface area (Å²) in [6.07, 6.45) is 2.14. The summed E-state index contributed by atoms with van der Waals surface area (Å²) in [5.74, 6) is 1.68. The van der Waals surface area contributed by atoms with Crippen LogP contribution >= 0.6 is 0 Å². The van der Waals surface area contributed by atoms with E-state index in [1.54, 1.807) is 7.11 Å². The van der Waals surface area contributed by atoms with E-state index >= 15 is 0 Å². The molecular formula is C12H16N2O. The fourth-order valence-electron chi connectivity index (χ4n) is 1.75. The Balaban J connectivity index is 2.11. The Morgan fingerprint density at radius 1 is 1.33 bits per heavy atom. The fraction of sp³-hybridized carbons (Fsp3) is 0.417. The van der Waals surface area contributed by atoms with Crippen molar-refractivity contribution in [3.63, 3.8) is 0 Å². The third-order valence-electron chi connectivity index (χ3n) is 2.71. The van der Waals surface area contributed by atoms with Crippen LogP contribution in [0, 0.1) is 0 Å². The summed E-state index contributed by atoms with van der Waals surface area (Å²) in [5.41, 5.74) is 1.34. The van der Waals surface area contributed by atoms with E-state index in [9.17, 15) is 0 Å². The van der Waals surface area contributed by atoms with Crippen LogP contribution in [0.15, 0.2) is 30.4 Å². The quantitative estimate of drug-likeness (QED) is 0.691. The van der Waals surface area contributed by atoms with Crippen molar-refractivity contribution in [1.82, 2.24) is 4.98 Å². The lowest BCUT2D eigenvalue weighted by Gasteiger charge is -2.29. The predicted octanol–water partition coefficient (Wildman–Crippen LogP) is 2.25. The lowest BCUT2D eigenvalue weighted by molar-refractivity contribution is 0.397. The maximum atomic E-state index is 5.11. The fourth-order valence-corrected chi connectivity index (χ4v) is 1.75. The zero-order valence-corrected chi connectivity index (χ0v) is 9.07. The molecule has 0 aromatic carbocycles. The van der Waals surface area contributed by atoms with E-state index in [4.69, 9.17) is 4.74 Å². The van der Waals surface area contributed by atoms with Gasteiger partial charge in [-0.05, 0) is 18.9 Å². The summed E-state index contributed by atoms with van der Waals surface area (Å²) in [4.78, 5) is 6.69. The zero-order valence-electron chi connectivity index (χ0n) is 9.07. The number of pyridine rings is 1. The average Bonchev–Trinajstić information content (AvgIpc) is 2.30. The average molecular weight is 204 g/mol. The molecule has 0 N–H and O–H groups in total. The van der Waals surface area contributed by atoms with E-state index in [0.717, 1.165) is 31.7 Å². The first kappa shape index (κ1) is 10.0. The van der Waals surface area contributed by atoms with E-state index in [0.29, 0.717) is 5.88 Å². The van der Waals surface area contributed by atoms with Crippen molar-refractivity contribution in [2.75, 3.05) is 25.1 Å². The van der Waals surface area contributed by atoms with Crippen molar-refractivity contribution in [3.05, 3.63) is 30.4 Å². The molecule has 1 fully saturated rings. The highest BCUT2D eigenvalue weighted by Gasteiger charge is 2.14. The minimum Gasteiger partial charge on any atom is -0.481 e. The molecule has 0 aliphatic carbocycles. The zero-order chi connectivity index (χ0) is 10.7. The number of ether oxygens (including phenoxy) is 1. The lowest BCUT2D eigenvalue weighted by atomic mass is 10.1. The van der Waals surface area contributed by atoms with Gasteiger partial charge in [0.1, 0.15) is 5.82 Å². The Bertz CT molecular complexity index is 352. The van der Waals surface area contributed by atoms with Gasteiger partial charge in [-0.3, -0.25) is 0 Å². The molecule has 0 spiro atoms. The maximum absolute atomic E-state index is 5.11. The Kier molecular flexibility index (Phi) is 2.90. The number of aromatic nitrogens is 1. The molecule has 1 saturated heterocycles. The van der Waals surface area contributed by atoms with Crippen LogP contribution in [0.5, 0.6) is 5.88 Å². The van der Waals surface area contributed by atoms with E-state index < -0.39 is 0 Å². The van der Waals surface area contributed by atoms with Crippen molar-refractivity contribution < 1.29 is 4.74 Å². The van der Waals surface area contributed by atoms with Gasteiger partial charge in [0.15, 0.2) is 0 Å². The Labute approximate surface area is 90.4 Å². The standard InChI is InChI=1S/C12H16N2O/c1-10-6-8-14(9-7-10)11-4-3-5-12(13-11)15-2/h3-5H,1,6-9H2,2H3. The summed E-state index contributed by atoms with van der Waals surface area (Å²) in [6.45, 7) is 6.03. The van der Waals surface area contributed by atoms with Crippen LogP contribution < -0.4 is 9.64 Å². The van der Waals surface area contributed by atoms with Gasteiger partial charge in [0.2, 0.25) is 5.88 Å². The van der Waals surface area contributed by atoms with E-state index in [-0.39, 0.29) is 0 Å². The normalized spacial score (nSPS) is 16.6. The summed E-state index contributed by atoms with van der Waals surface area (Å²) < 4.78 is 5.11. The molecule has 0 bridgehead atoms. The highest BCUT2D eigenvalue weighted by atomic mass is 16.5. The number of hydrogen-bond acceptors (Lipinski definition) is 3. The van der Waals surface area contributed by atoms with Gasteiger partial charge in [-0.25, -0.2) is 0 Å². The van der Waals surface area contributed by atoms with Gasteiger partial charge in [0.05, 0.1) is 7.11 Å². The van der Waals surface area contributed by atoms with Crippen molar-refractivity contribution in [2.24, 2.45) is 0 Å². The first-order valence-corrected chi connectivity index (χ1v) is 5.22. The summed E-state index contributed by atoms with van der Waals surface area (Å²) in [7, 11) is 1.64. The molecule has 1 aliphatic rings. The van der Waals surface area contributed by atoms with Gasteiger partial charge in [-0.1, -0.05) is 18.2 Å². The minimum absolute atomic E-state index is 0.678. The van der Waals surface area contributed by atoms with E-state index in [1.165, 1.54) is 5.57 Å². The molecule has 1 aliphatic heterocycles. The second-order valence-corrected chi connectivity index (χ2v) is 3.78. The first-order valence-electron chi connectivity index (χ1n) is 5.22. The van der Waals surface area contributed by atoms with E-state index in [2.05, 4.69) is 16.5 Å². The molecule has 0 unspecified atom stereocenters. The third-order valence-corrected chi connectivity index (χ3v) is 2.71. The van der Waals surface area contributed by atoms with Crippen molar-refractivity contribution in [1.29, 1.82) is 0 Å². The maximum Gasteiger partial charge on any atom is 0.214 e. The predicted molar refractivity (Wildman–Crippen MR) is 61.4 cm³/mol. The van der Waals surface area contributed by atoms with Gasteiger partial charge in [-0.2, -0.15) is 4.98 Å². The molecule has 2 heterocycles. The second kappa shape index (κ2) is 4.34. The second-order valence-electron chi connectivity index (χ2n) is 3.78. The van der Waals surface area contributed by atoms with Crippen LogP contribution in [0.1, 0.15) is 12.8 Å². The van der Waals surface area contributed by atoms with Crippen molar-refractivity contribution in [2.45, 2.75) is 12.8 Å². The molecule has 1 aromatic rings. The third kappa shape index (κ3) is 2.29. The van der Waals surface area contributed by atoms with Crippen molar-refractivity contribution in [3.8, 4) is 5.88 Å². The molecule has 0 radical (unpaired) electrons. The van der Waals surface area contributed by atoms with Gasteiger partial charge < -0.3 is 9.64 Å². The molecule has 2 rings (SSSR count). The number of rotatable bonds is 2. The summed E-state index contributed by atoms with van der Waals surface area (Å²) in [6, 6.07) is 5.87. The topological polar surface area (TPSA) is 25.4 Å². The SMILES string of the molecule is C=C1CCN(c2cccc(OC)n2)CC1. The van der Waals surface area contributed by atoms with Gasteiger partial charge >= 0.3 is 0 Å². The number of anilines is 1. The lowest BCUT2D eigenvalue weighted by Crippen LogP contribution is -2.30. The van der Waals surface area contributed by atoms with Crippen LogP contribution in [0.2, 0.25) is 0 Å². The molecular weight excluding hydrogens is 188 g/mol. The molecule has 80 valence electrons. The smallest absolute Gasteiger partial charge is 0.214 e. The summed E-state index contributed by atoms with van der Waals surface area (Å²) >= 11 is 0. The van der Waals surface area contributed by atoms with Crippen LogP contribution in [0.3, 0.4) is 0 Å². The molecule has 15 heavy (non-hydrogen) atoms. The van der Waals surface area contributed by atoms with E-state index in [1.807, 2.05) is 18.2 Å². The van der Waals surface area contributed by atoms with Gasteiger partial charge in [0, 0.05) is 19.2 Å². The van der Waals surface area contributed by atoms with Crippen LogP contribution in [-0.4, -0.2) is 25.2 Å². The molecule has 0 saturated carbocycles. The number of hydrogen-bond donors (Lipinski definition) is 0. The minimum atomic E-state index is 0.678. The summed E-state index contributed by atoms with van der Waals surface area (Å²) in [5, 5.41) is 0. The van der Waals surface area contributed by atoms with Crippen LogP contribution in [0.25, 0.3) is 0 Å².